The van der Waals surface area contributed by atoms with Crippen molar-refractivity contribution < 1.29 is 17.9 Å². The molecule has 0 aliphatic rings. The Balaban J connectivity index is 1.58. The van der Waals surface area contributed by atoms with Crippen molar-refractivity contribution in [2.75, 3.05) is 7.11 Å². The van der Waals surface area contributed by atoms with Crippen LogP contribution in [-0.2, 0) is 19.3 Å². The van der Waals surface area contributed by atoms with E-state index in [2.05, 4.69) is 25.8 Å². The van der Waals surface area contributed by atoms with Gasteiger partial charge < -0.3 is 10.1 Å². The number of halogens is 4. The minimum atomic E-state index is -4.69. The van der Waals surface area contributed by atoms with Crippen LogP contribution in [0.3, 0.4) is 0 Å². The fourth-order valence-electron chi connectivity index (χ4n) is 3.42. The molecule has 0 saturated carbocycles. The maximum Gasteiger partial charge on any atom is 0.453 e. The first-order chi connectivity index (χ1) is 15.9. The fourth-order valence-corrected chi connectivity index (χ4v) is 3.64. The van der Waals surface area contributed by atoms with E-state index in [1.165, 1.54) is 13.2 Å². The van der Waals surface area contributed by atoms with E-state index in [0.29, 0.717) is 34.2 Å². The van der Waals surface area contributed by atoms with Gasteiger partial charge in [0.1, 0.15) is 10.9 Å². The number of ether oxygens (including phenoxy) is 1. The number of pyridine rings is 1. The Hall–Kier alpha value is -3.50. The molecule has 0 atom stereocenters. The number of tetrazole rings is 1. The molecule has 4 aromatic rings. The average Bonchev–Trinajstić information content (AvgIpc) is 3.31. The molecule has 0 unspecified atom stereocenters. The van der Waals surface area contributed by atoms with Crippen molar-refractivity contribution in [1.82, 2.24) is 30.5 Å². The minimum absolute atomic E-state index is 0.161. The molecule has 1 N–H and O–H groups in total. The van der Waals surface area contributed by atoms with Crippen LogP contribution in [0.2, 0.25) is 5.15 Å². The second-order valence-corrected chi connectivity index (χ2v) is 7.36. The minimum Gasteiger partial charge on any atom is -0.496 e. The molecule has 0 radical (unpaired) electrons. The Bertz CT molecular complexity index is 1250. The van der Waals surface area contributed by atoms with Crippen molar-refractivity contribution in [3.63, 3.8) is 0 Å². The van der Waals surface area contributed by atoms with Gasteiger partial charge in [0.25, 0.3) is 5.82 Å². The molecular weight excluding hydrogens is 457 g/mol. The lowest BCUT2D eigenvalue weighted by Crippen LogP contribution is -2.17. The number of nitrogens with zero attached hydrogens (tertiary/aromatic N) is 5. The summed E-state index contributed by atoms with van der Waals surface area (Å²) in [5, 5.41) is 13.4. The second-order valence-electron chi connectivity index (χ2n) is 7.01. The summed E-state index contributed by atoms with van der Waals surface area (Å²) in [6.45, 7) is 0.670. The van der Waals surface area contributed by atoms with Gasteiger partial charge in [-0.2, -0.15) is 17.9 Å². The van der Waals surface area contributed by atoms with Crippen LogP contribution in [0.15, 0.2) is 60.8 Å². The third-order valence-corrected chi connectivity index (χ3v) is 5.26. The molecule has 0 amide bonds. The fraction of sp³-hybridized carbons (Fsp3) is 0.182. The quantitative estimate of drug-likeness (QED) is 0.391. The van der Waals surface area contributed by atoms with Gasteiger partial charge in [0.15, 0.2) is 0 Å². The Morgan fingerprint density at radius 2 is 1.85 bits per heavy atom. The number of rotatable bonds is 7. The van der Waals surface area contributed by atoms with Crippen LogP contribution in [0.5, 0.6) is 5.75 Å². The van der Waals surface area contributed by atoms with Crippen molar-refractivity contribution in [3.05, 3.63) is 82.9 Å². The standard InChI is InChI=1S/C22H18ClF3N6O/c1-33-19-8-7-16(32-21(22(24,25)26)29-30-31-32)11-15(19)12-27-13-18-17(9-10-28-20(18)23)14-5-3-2-4-6-14/h2-11,27H,12-13H2,1H3. The zero-order valence-corrected chi connectivity index (χ0v) is 18.1. The first kappa shape index (κ1) is 22.7. The number of methoxy groups -OCH3 is 1. The molecule has 0 saturated heterocycles. The summed E-state index contributed by atoms with van der Waals surface area (Å²) in [5.41, 5.74) is 3.53. The smallest absolute Gasteiger partial charge is 0.453 e. The summed E-state index contributed by atoms with van der Waals surface area (Å²) in [4.78, 5) is 4.17. The van der Waals surface area contributed by atoms with E-state index in [9.17, 15) is 13.2 Å². The van der Waals surface area contributed by atoms with Crippen LogP contribution in [0, 0.1) is 0 Å². The van der Waals surface area contributed by atoms with Gasteiger partial charge in [-0.1, -0.05) is 41.9 Å². The molecule has 0 bridgehead atoms. The molecule has 2 aromatic heterocycles. The maximum absolute atomic E-state index is 13.2. The van der Waals surface area contributed by atoms with Crippen molar-refractivity contribution in [2.24, 2.45) is 0 Å². The summed E-state index contributed by atoms with van der Waals surface area (Å²) in [5.74, 6) is -0.699. The number of aromatic nitrogens is 5. The lowest BCUT2D eigenvalue weighted by Gasteiger charge is -2.15. The van der Waals surface area contributed by atoms with E-state index in [0.717, 1.165) is 16.7 Å². The predicted octanol–water partition coefficient (Wildman–Crippen LogP) is 4.69. The molecule has 0 spiro atoms. The normalized spacial score (nSPS) is 11.5. The highest BCUT2D eigenvalue weighted by molar-refractivity contribution is 6.30. The number of hydrogen-bond donors (Lipinski definition) is 1. The van der Waals surface area contributed by atoms with Crippen LogP contribution < -0.4 is 10.1 Å². The van der Waals surface area contributed by atoms with Gasteiger partial charge in [0.05, 0.1) is 12.8 Å². The van der Waals surface area contributed by atoms with Gasteiger partial charge in [0, 0.05) is 30.4 Å². The first-order valence-corrected chi connectivity index (χ1v) is 10.2. The first-order valence-electron chi connectivity index (χ1n) is 9.81. The molecule has 33 heavy (non-hydrogen) atoms. The topological polar surface area (TPSA) is 77.8 Å². The van der Waals surface area contributed by atoms with E-state index < -0.39 is 12.0 Å². The van der Waals surface area contributed by atoms with Gasteiger partial charge in [0.2, 0.25) is 0 Å². The summed E-state index contributed by atoms with van der Waals surface area (Å²) in [7, 11) is 1.49. The molecule has 7 nitrogen and oxygen atoms in total. The van der Waals surface area contributed by atoms with E-state index >= 15 is 0 Å². The second kappa shape index (κ2) is 9.55. The SMILES string of the molecule is COc1ccc(-n2nnnc2C(F)(F)F)cc1CNCc1c(-c2ccccc2)ccnc1Cl. The van der Waals surface area contributed by atoms with Crippen LogP contribution in [0.4, 0.5) is 13.2 Å². The van der Waals surface area contributed by atoms with Gasteiger partial charge in [-0.15, -0.1) is 5.10 Å². The van der Waals surface area contributed by atoms with Crippen LogP contribution >= 0.6 is 11.6 Å². The highest BCUT2D eigenvalue weighted by Crippen LogP contribution is 2.30. The van der Waals surface area contributed by atoms with E-state index in [1.54, 1.807) is 18.3 Å². The van der Waals surface area contributed by atoms with E-state index in [1.807, 2.05) is 36.4 Å². The van der Waals surface area contributed by atoms with Crippen molar-refractivity contribution in [2.45, 2.75) is 19.3 Å². The van der Waals surface area contributed by atoms with E-state index in [4.69, 9.17) is 16.3 Å². The zero-order chi connectivity index (χ0) is 23.4. The van der Waals surface area contributed by atoms with Gasteiger partial charge >= 0.3 is 6.18 Å². The van der Waals surface area contributed by atoms with E-state index in [-0.39, 0.29) is 5.69 Å². The summed E-state index contributed by atoms with van der Waals surface area (Å²) in [6.07, 6.45) is -3.04. The van der Waals surface area contributed by atoms with Gasteiger partial charge in [-0.3, -0.25) is 0 Å². The van der Waals surface area contributed by atoms with Gasteiger partial charge in [-0.25, -0.2) is 4.98 Å². The molecule has 4 rings (SSSR count). The monoisotopic (exact) mass is 474 g/mol. The van der Waals surface area contributed by atoms with Crippen molar-refractivity contribution in [3.8, 4) is 22.6 Å². The predicted molar refractivity (Wildman–Crippen MR) is 116 cm³/mol. The van der Waals surface area contributed by atoms with Crippen molar-refractivity contribution >= 4 is 11.6 Å². The molecule has 2 heterocycles. The van der Waals surface area contributed by atoms with Crippen LogP contribution in [-0.4, -0.2) is 32.3 Å². The molecule has 0 fully saturated rings. The largest absolute Gasteiger partial charge is 0.496 e. The third-order valence-electron chi connectivity index (χ3n) is 4.94. The van der Waals surface area contributed by atoms with Crippen molar-refractivity contribution in [1.29, 1.82) is 0 Å². The summed E-state index contributed by atoms with van der Waals surface area (Å²) < 4.78 is 45.6. The van der Waals surface area contributed by atoms with Gasteiger partial charge in [-0.05, 0) is 45.8 Å². The number of hydrogen-bond acceptors (Lipinski definition) is 6. The highest BCUT2D eigenvalue weighted by Gasteiger charge is 2.38. The molecule has 170 valence electrons. The molecule has 11 heteroatoms. The molecular formula is C22H18ClF3N6O. The van der Waals surface area contributed by atoms with Crippen LogP contribution in [0.1, 0.15) is 17.0 Å². The molecule has 2 aromatic carbocycles. The average molecular weight is 475 g/mol. The third kappa shape index (κ3) is 4.96. The molecule has 0 aliphatic heterocycles. The summed E-state index contributed by atoms with van der Waals surface area (Å²) >= 11 is 6.36. The number of alkyl halides is 3. The maximum atomic E-state index is 13.2. The highest BCUT2D eigenvalue weighted by atomic mass is 35.5. The lowest BCUT2D eigenvalue weighted by atomic mass is 10.0. The number of nitrogens with one attached hydrogen (secondary N) is 1. The lowest BCUT2D eigenvalue weighted by molar-refractivity contribution is -0.146. The summed E-state index contributed by atoms with van der Waals surface area (Å²) in [6, 6.07) is 16.2. The number of benzene rings is 2. The Morgan fingerprint density at radius 3 is 2.58 bits per heavy atom. The Labute approximate surface area is 192 Å². The molecule has 0 aliphatic carbocycles. The zero-order valence-electron chi connectivity index (χ0n) is 17.3. The van der Waals surface area contributed by atoms with Crippen LogP contribution in [0.25, 0.3) is 16.8 Å². The Morgan fingerprint density at radius 1 is 1.06 bits per heavy atom. The Kier molecular flexibility index (Phi) is 6.57.